The predicted molar refractivity (Wildman–Crippen MR) is 102 cm³/mol. The molecule has 0 aromatic heterocycles. The first kappa shape index (κ1) is 22.8. The van der Waals surface area contributed by atoms with E-state index in [1.54, 1.807) is 0 Å². The normalized spacial score (nSPS) is 21.5. The largest absolute Gasteiger partial charge is 0.481 e. The average molecular weight is 389 g/mol. The molecule has 0 aliphatic heterocycles. The zero-order valence-electron chi connectivity index (χ0n) is 16.3. The number of nitrogens with zero attached hydrogens (tertiary/aromatic N) is 1. The molecule has 26 heavy (non-hydrogen) atoms. The van der Waals surface area contributed by atoms with Crippen LogP contribution in [-0.4, -0.2) is 58.8 Å². The van der Waals surface area contributed by atoms with Gasteiger partial charge in [-0.2, -0.15) is 12.6 Å². The topological polar surface area (TPSA) is 110 Å². The summed E-state index contributed by atoms with van der Waals surface area (Å²) in [7, 11) is 1.26. The Hall–Kier alpha value is -1.28. The molecule has 8 heteroatoms. The molecule has 2 atom stereocenters. The molecular weight excluding hydrogens is 356 g/mol. The summed E-state index contributed by atoms with van der Waals surface area (Å²) in [4.78, 5) is 38.1. The van der Waals surface area contributed by atoms with Crippen LogP contribution in [0.15, 0.2) is 0 Å². The monoisotopic (exact) mass is 388 g/mol. The second-order valence-corrected chi connectivity index (χ2v) is 8.77. The van der Waals surface area contributed by atoms with Gasteiger partial charge in [0.05, 0.1) is 19.6 Å². The molecule has 0 radical (unpaired) electrons. The molecule has 7 nitrogen and oxygen atoms in total. The van der Waals surface area contributed by atoms with E-state index < -0.39 is 36.4 Å². The molecular formula is C18H32N2O5S. The van der Waals surface area contributed by atoms with E-state index in [1.165, 1.54) is 12.0 Å². The number of esters is 1. The molecule has 1 aliphatic rings. The van der Waals surface area contributed by atoms with Crippen molar-refractivity contribution in [1.29, 1.82) is 0 Å². The van der Waals surface area contributed by atoms with E-state index in [-0.39, 0.29) is 22.6 Å². The van der Waals surface area contributed by atoms with Crippen LogP contribution >= 0.6 is 12.6 Å². The van der Waals surface area contributed by atoms with Crippen molar-refractivity contribution in [2.75, 3.05) is 12.9 Å². The summed E-state index contributed by atoms with van der Waals surface area (Å²) < 4.78 is 4.88. The van der Waals surface area contributed by atoms with Crippen molar-refractivity contribution in [1.82, 2.24) is 4.90 Å². The van der Waals surface area contributed by atoms with Gasteiger partial charge in [0.1, 0.15) is 6.04 Å². The minimum atomic E-state index is -1.23. The summed E-state index contributed by atoms with van der Waals surface area (Å²) >= 11 is 4.26. The fourth-order valence-corrected chi connectivity index (χ4v) is 4.75. The van der Waals surface area contributed by atoms with E-state index in [9.17, 15) is 14.4 Å². The van der Waals surface area contributed by atoms with Crippen molar-refractivity contribution in [3.63, 3.8) is 0 Å². The van der Waals surface area contributed by atoms with Crippen LogP contribution in [0.4, 0.5) is 0 Å². The van der Waals surface area contributed by atoms with Gasteiger partial charge >= 0.3 is 11.9 Å². The number of rotatable bonds is 7. The molecule has 0 aromatic rings. The van der Waals surface area contributed by atoms with Crippen LogP contribution in [0.1, 0.15) is 53.4 Å². The third-order valence-electron chi connectivity index (χ3n) is 5.35. The molecule has 1 saturated carbocycles. The number of nitrogens with two attached hydrogens (primary N) is 1. The first-order valence-corrected chi connectivity index (χ1v) is 9.50. The van der Waals surface area contributed by atoms with Gasteiger partial charge in [0.2, 0.25) is 5.91 Å². The number of carboxylic acid groups (broad SMARTS) is 1. The number of amides is 1. The maximum absolute atomic E-state index is 13.2. The van der Waals surface area contributed by atoms with E-state index in [1.807, 2.05) is 0 Å². The molecule has 3 N–H and O–H groups in total. The summed E-state index contributed by atoms with van der Waals surface area (Å²) in [5.41, 5.74) is 5.35. The van der Waals surface area contributed by atoms with Crippen LogP contribution in [0.2, 0.25) is 0 Å². The van der Waals surface area contributed by atoms with Crippen molar-refractivity contribution in [2.24, 2.45) is 16.6 Å². The lowest BCUT2D eigenvalue weighted by atomic mass is 9.60. The van der Waals surface area contributed by atoms with Crippen molar-refractivity contribution in [3.8, 4) is 0 Å². The van der Waals surface area contributed by atoms with E-state index in [0.717, 1.165) is 19.3 Å². The number of carbonyl (C=O) groups excluding carboxylic acids is 2. The molecule has 0 unspecified atom stereocenters. The Morgan fingerprint density at radius 3 is 2.12 bits per heavy atom. The lowest BCUT2D eigenvalue weighted by Gasteiger charge is -2.55. The fraction of sp³-hybridized carbons (Fsp3) is 0.833. The van der Waals surface area contributed by atoms with E-state index in [2.05, 4.69) is 40.3 Å². The zero-order chi connectivity index (χ0) is 20.3. The Labute approximate surface area is 161 Å². The second-order valence-electron chi connectivity index (χ2n) is 8.40. The highest BCUT2D eigenvalue weighted by Crippen LogP contribution is 2.49. The third-order valence-corrected chi connectivity index (χ3v) is 5.69. The van der Waals surface area contributed by atoms with Gasteiger partial charge in [0.25, 0.3) is 0 Å². The standard InChI is InChI=1S/C18H32N2O5S/c1-17(2)7-6-8-18(3,4)16(17)20(12(10-26)15(24)25-5)14(23)11(19)9-13(21)22/h11-12,16,26H,6-10,19H2,1-5H3,(H,21,22)/t11-,12+/m0/s1. The Balaban J connectivity index is 3.44. The molecule has 1 aliphatic carbocycles. The number of methoxy groups -OCH3 is 1. The minimum Gasteiger partial charge on any atom is -0.481 e. The summed E-state index contributed by atoms with van der Waals surface area (Å²) in [6.07, 6.45) is 2.30. The molecule has 0 spiro atoms. The SMILES string of the molecule is COC(=O)[C@@H](CS)N(C(=O)[C@@H](N)CC(=O)O)C1C(C)(C)CCCC1(C)C. The Morgan fingerprint density at radius 2 is 1.73 bits per heavy atom. The maximum atomic E-state index is 13.2. The highest BCUT2D eigenvalue weighted by Gasteiger charge is 2.52. The average Bonchev–Trinajstić information content (AvgIpc) is 2.50. The predicted octanol–water partition coefficient (Wildman–Crippen LogP) is 1.69. The fourth-order valence-electron chi connectivity index (χ4n) is 4.42. The number of ether oxygens (including phenoxy) is 1. The lowest BCUT2D eigenvalue weighted by Crippen LogP contribution is -2.65. The zero-order valence-corrected chi connectivity index (χ0v) is 17.2. The number of hydrogen-bond donors (Lipinski definition) is 3. The van der Waals surface area contributed by atoms with Crippen LogP contribution in [-0.2, 0) is 19.1 Å². The summed E-state index contributed by atoms with van der Waals surface area (Å²) in [6, 6.07) is -2.45. The Bertz CT molecular complexity index is 534. The van der Waals surface area contributed by atoms with Gasteiger partial charge in [-0.3, -0.25) is 9.59 Å². The van der Waals surface area contributed by atoms with Crippen molar-refractivity contribution in [2.45, 2.75) is 71.5 Å². The van der Waals surface area contributed by atoms with E-state index in [0.29, 0.717) is 0 Å². The quantitative estimate of drug-likeness (QED) is 0.452. The van der Waals surface area contributed by atoms with Gasteiger partial charge in [-0.15, -0.1) is 0 Å². The Kier molecular flexibility index (Phi) is 7.53. The van der Waals surface area contributed by atoms with Crippen molar-refractivity contribution < 1.29 is 24.2 Å². The van der Waals surface area contributed by atoms with Gasteiger partial charge < -0.3 is 20.5 Å². The number of hydrogen-bond acceptors (Lipinski definition) is 6. The molecule has 0 saturated heterocycles. The van der Waals surface area contributed by atoms with Crippen molar-refractivity contribution in [3.05, 3.63) is 0 Å². The molecule has 0 aromatic carbocycles. The van der Waals surface area contributed by atoms with Crippen LogP contribution < -0.4 is 5.73 Å². The summed E-state index contributed by atoms with van der Waals surface area (Å²) in [5.74, 6) is -2.22. The molecule has 1 amide bonds. The van der Waals surface area contributed by atoms with Crippen LogP contribution in [0.25, 0.3) is 0 Å². The maximum Gasteiger partial charge on any atom is 0.329 e. The summed E-state index contributed by atoms with van der Waals surface area (Å²) in [6.45, 7) is 8.26. The number of carbonyl (C=O) groups is 3. The van der Waals surface area contributed by atoms with E-state index in [4.69, 9.17) is 15.6 Å². The highest BCUT2D eigenvalue weighted by molar-refractivity contribution is 7.80. The minimum absolute atomic E-state index is 0.0703. The molecule has 1 rings (SSSR count). The van der Waals surface area contributed by atoms with E-state index >= 15 is 0 Å². The first-order valence-electron chi connectivity index (χ1n) is 8.87. The number of carboxylic acids is 1. The summed E-state index contributed by atoms with van der Waals surface area (Å²) in [5, 5.41) is 9.02. The third kappa shape index (κ3) is 4.91. The number of thiol groups is 1. The van der Waals surface area contributed by atoms with Gasteiger partial charge in [-0.1, -0.05) is 34.1 Å². The Morgan fingerprint density at radius 1 is 1.23 bits per heavy atom. The molecule has 0 bridgehead atoms. The van der Waals surface area contributed by atoms with Gasteiger partial charge in [0, 0.05) is 11.8 Å². The molecule has 0 heterocycles. The number of aliphatic carboxylic acids is 1. The molecule has 150 valence electrons. The van der Waals surface area contributed by atoms with Gasteiger partial charge in [-0.25, -0.2) is 4.79 Å². The van der Waals surface area contributed by atoms with Gasteiger partial charge in [0.15, 0.2) is 0 Å². The van der Waals surface area contributed by atoms with Crippen LogP contribution in [0.3, 0.4) is 0 Å². The van der Waals surface area contributed by atoms with Gasteiger partial charge in [-0.05, 0) is 23.7 Å². The van der Waals surface area contributed by atoms with Crippen LogP contribution in [0, 0.1) is 10.8 Å². The van der Waals surface area contributed by atoms with Crippen LogP contribution in [0.5, 0.6) is 0 Å². The lowest BCUT2D eigenvalue weighted by molar-refractivity contribution is -0.163. The highest BCUT2D eigenvalue weighted by atomic mass is 32.1. The molecule has 1 fully saturated rings. The first-order chi connectivity index (χ1) is 11.9. The van der Waals surface area contributed by atoms with Crippen molar-refractivity contribution >= 4 is 30.5 Å². The smallest absolute Gasteiger partial charge is 0.329 e. The second kappa shape index (κ2) is 8.61.